The van der Waals surface area contributed by atoms with E-state index in [9.17, 15) is 18.0 Å². The number of piperazine rings is 1. The van der Waals surface area contributed by atoms with Gasteiger partial charge in [0.25, 0.3) is 0 Å². The van der Waals surface area contributed by atoms with E-state index in [1.165, 1.54) is 17.7 Å². The van der Waals surface area contributed by atoms with E-state index in [4.69, 9.17) is 4.74 Å². The number of sulfonamides is 1. The minimum absolute atomic E-state index is 0.0880. The van der Waals surface area contributed by atoms with Crippen molar-refractivity contribution in [3.63, 3.8) is 0 Å². The van der Waals surface area contributed by atoms with Gasteiger partial charge in [-0.25, -0.2) is 8.42 Å². The van der Waals surface area contributed by atoms with Crippen molar-refractivity contribution >= 4 is 33.3 Å². The predicted octanol–water partition coefficient (Wildman–Crippen LogP) is 0.294. The molecule has 142 valence electrons. The summed E-state index contributed by atoms with van der Waals surface area (Å²) in [5.74, 6) is -0.868. The standard InChI is InChI=1S/C17H23N3O5S/c1-25-17(22)13-11-16(21)20(12-13)15-5-3-14(4-6-15)18-7-9-19(10-8-18)26(2,23)24/h3-6,13H,7-12H2,1-2H3. The molecule has 9 heteroatoms. The Morgan fingerprint density at radius 1 is 1.08 bits per heavy atom. The number of nitrogens with zero attached hydrogens (tertiary/aromatic N) is 3. The number of amides is 1. The summed E-state index contributed by atoms with van der Waals surface area (Å²) < 4.78 is 29.4. The third kappa shape index (κ3) is 3.83. The van der Waals surface area contributed by atoms with E-state index in [2.05, 4.69) is 4.90 Å². The molecule has 3 rings (SSSR count). The van der Waals surface area contributed by atoms with Crippen LogP contribution in [0, 0.1) is 5.92 Å². The number of hydrogen-bond donors (Lipinski definition) is 0. The molecular weight excluding hydrogens is 358 g/mol. The molecule has 1 amide bonds. The lowest BCUT2D eigenvalue weighted by Crippen LogP contribution is -2.48. The van der Waals surface area contributed by atoms with E-state index in [1.807, 2.05) is 24.3 Å². The third-order valence-electron chi connectivity index (χ3n) is 4.89. The molecule has 1 aromatic carbocycles. The van der Waals surface area contributed by atoms with Gasteiger partial charge in [-0.1, -0.05) is 0 Å². The van der Waals surface area contributed by atoms with E-state index >= 15 is 0 Å². The van der Waals surface area contributed by atoms with Gasteiger partial charge >= 0.3 is 5.97 Å². The molecule has 2 aliphatic heterocycles. The van der Waals surface area contributed by atoms with Crippen LogP contribution in [0.25, 0.3) is 0 Å². The fraction of sp³-hybridized carbons (Fsp3) is 0.529. The van der Waals surface area contributed by atoms with E-state index in [0.717, 1.165) is 11.4 Å². The number of ether oxygens (including phenoxy) is 1. The summed E-state index contributed by atoms with van der Waals surface area (Å²) in [7, 11) is -1.82. The Bertz CT molecular complexity index is 785. The maximum Gasteiger partial charge on any atom is 0.311 e. The second kappa shape index (κ2) is 7.24. The van der Waals surface area contributed by atoms with Crippen molar-refractivity contribution in [1.82, 2.24) is 4.31 Å². The average Bonchev–Trinajstić information content (AvgIpc) is 3.02. The van der Waals surface area contributed by atoms with Crippen molar-refractivity contribution < 1.29 is 22.7 Å². The molecule has 0 saturated carbocycles. The van der Waals surface area contributed by atoms with Crippen LogP contribution in [0.5, 0.6) is 0 Å². The van der Waals surface area contributed by atoms with Gasteiger partial charge in [-0.05, 0) is 24.3 Å². The van der Waals surface area contributed by atoms with Gasteiger partial charge in [0.05, 0.1) is 19.3 Å². The minimum atomic E-state index is -3.15. The van der Waals surface area contributed by atoms with Gasteiger partial charge in [-0.3, -0.25) is 9.59 Å². The lowest BCUT2D eigenvalue weighted by molar-refractivity contribution is -0.145. The van der Waals surface area contributed by atoms with Crippen LogP contribution in [0.1, 0.15) is 6.42 Å². The summed E-state index contributed by atoms with van der Waals surface area (Å²) in [5.41, 5.74) is 1.73. The quantitative estimate of drug-likeness (QED) is 0.697. The van der Waals surface area contributed by atoms with Crippen LogP contribution < -0.4 is 9.80 Å². The molecule has 2 saturated heterocycles. The van der Waals surface area contributed by atoms with Crippen LogP contribution in [-0.4, -0.2) is 70.7 Å². The molecule has 0 spiro atoms. The predicted molar refractivity (Wildman–Crippen MR) is 97.5 cm³/mol. The molecule has 26 heavy (non-hydrogen) atoms. The van der Waals surface area contributed by atoms with Crippen molar-refractivity contribution in [3.8, 4) is 0 Å². The second-order valence-corrected chi connectivity index (χ2v) is 8.58. The molecule has 2 aliphatic rings. The topological polar surface area (TPSA) is 87.2 Å². The van der Waals surface area contributed by atoms with Crippen molar-refractivity contribution in [2.75, 3.05) is 55.9 Å². The van der Waals surface area contributed by atoms with Crippen LogP contribution >= 0.6 is 0 Å². The lowest BCUT2D eigenvalue weighted by atomic mass is 10.1. The normalized spacial score (nSPS) is 21.9. The first-order chi connectivity index (χ1) is 12.3. The highest BCUT2D eigenvalue weighted by Gasteiger charge is 2.35. The Kier molecular flexibility index (Phi) is 5.19. The maximum absolute atomic E-state index is 12.2. The molecule has 1 aromatic rings. The SMILES string of the molecule is COC(=O)C1CC(=O)N(c2ccc(N3CCN(S(C)(=O)=O)CC3)cc2)C1. The average molecular weight is 381 g/mol. The number of benzene rings is 1. The van der Waals surface area contributed by atoms with Crippen molar-refractivity contribution in [2.45, 2.75) is 6.42 Å². The lowest BCUT2D eigenvalue weighted by Gasteiger charge is -2.34. The Morgan fingerprint density at radius 3 is 2.19 bits per heavy atom. The highest BCUT2D eigenvalue weighted by molar-refractivity contribution is 7.88. The number of methoxy groups -OCH3 is 1. The van der Waals surface area contributed by atoms with E-state index < -0.39 is 15.9 Å². The zero-order valence-corrected chi connectivity index (χ0v) is 15.7. The number of anilines is 2. The molecule has 1 unspecified atom stereocenters. The molecule has 2 heterocycles. The Morgan fingerprint density at radius 2 is 1.65 bits per heavy atom. The van der Waals surface area contributed by atoms with Gasteiger partial charge in [0, 0.05) is 50.5 Å². The Hall–Kier alpha value is -2.13. The largest absolute Gasteiger partial charge is 0.469 e. The first kappa shape index (κ1) is 18.7. The third-order valence-corrected chi connectivity index (χ3v) is 6.20. The molecular formula is C17H23N3O5S. The van der Waals surface area contributed by atoms with E-state index in [0.29, 0.717) is 32.7 Å². The molecule has 0 N–H and O–H groups in total. The van der Waals surface area contributed by atoms with Crippen LogP contribution in [-0.2, 0) is 24.3 Å². The second-order valence-electron chi connectivity index (χ2n) is 6.59. The van der Waals surface area contributed by atoms with Gasteiger partial charge in [0.15, 0.2) is 0 Å². The summed E-state index contributed by atoms with van der Waals surface area (Å²) >= 11 is 0. The van der Waals surface area contributed by atoms with E-state index in [1.54, 1.807) is 4.90 Å². The van der Waals surface area contributed by atoms with Gasteiger partial charge < -0.3 is 14.5 Å². The zero-order valence-electron chi connectivity index (χ0n) is 14.9. The number of hydrogen-bond acceptors (Lipinski definition) is 6. The minimum Gasteiger partial charge on any atom is -0.469 e. The molecule has 2 fully saturated rings. The molecule has 0 aliphatic carbocycles. The summed E-state index contributed by atoms with van der Waals surface area (Å²) in [6.07, 6.45) is 1.40. The fourth-order valence-electron chi connectivity index (χ4n) is 3.40. The van der Waals surface area contributed by atoms with Gasteiger partial charge in [-0.15, -0.1) is 0 Å². The maximum atomic E-state index is 12.2. The highest BCUT2D eigenvalue weighted by Crippen LogP contribution is 2.28. The summed E-state index contributed by atoms with van der Waals surface area (Å²) in [6.45, 7) is 2.51. The first-order valence-corrected chi connectivity index (χ1v) is 10.3. The van der Waals surface area contributed by atoms with Crippen molar-refractivity contribution in [1.29, 1.82) is 0 Å². The molecule has 0 aromatic heterocycles. The van der Waals surface area contributed by atoms with Crippen LogP contribution in [0.4, 0.5) is 11.4 Å². The summed E-state index contributed by atoms with van der Waals surface area (Å²) in [4.78, 5) is 27.5. The zero-order chi connectivity index (χ0) is 18.9. The molecule has 8 nitrogen and oxygen atoms in total. The fourth-order valence-corrected chi connectivity index (χ4v) is 4.23. The molecule has 0 radical (unpaired) electrons. The van der Waals surface area contributed by atoms with E-state index in [-0.39, 0.29) is 18.3 Å². The number of esters is 1. The van der Waals surface area contributed by atoms with Gasteiger partial charge in [0.2, 0.25) is 15.9 Å². The number of carbonyl (C=O) groups is 2. The van der Waals surface area contributed by atoms with Crippen LogP contribution in [0.3, 0.4) is 0 Å². The van der Waals surface area contributed by atoms with Crippen molar-refractivity contribution in [2.24, 2.45) is 5.92 Å². The summed E-state index contributed by atoms with van der Waals surface area (Å²) in [5, 5.41) is 0. The van der Waals surface area contributed by atoms with Crippen LogP contribution in [0.15, 0.2) is 24.3 Å². The molecule has 0 bridgehead atoms. The molecule has 1 atom stereocenters. The number of rotatable bonds is 4. The number of carbonyl (C=O) groups excluding carboxylic acids is 2. The Balaban J connectivity index is 1.64. The monoisotopic (exact) mass is 381 g/mol. The van der Waals surface area contributed by atoms with Gasteiger partial charge in [0.1, 0.15) is 0 Å². The summed E-state index contributed by atoms with van der Waals surface area (Å²) in [6, 6.07) is 7.56. The highest BCUT2D eigenvalue weighted by atomic mass is 32.2. The first-order valence-electron chi connectivity index (χ1n) is 8.48. The van der Waals surface area contributed by atoms with Gasteiger partial charge in [-0.2, -0.15) is 4.31 Å². The van der Waals surface area contributed by atoms with Crippen molar-refractivity contribution in [3.05, 3.63) is 24.3 Å². The smallest absolute Gasteiger partial charge is 0.311 e. The Labute approximate surface area is 153 Å². The van der Waals surface area contributed by atoms with Crippen LogP contribution in [0.2, 0.25) is 0 Å².